The quantitative estimate of drug-likeness (QED) is 0.560. The average molecular weight is 308 g/mol. The van der Waals surface area contributed by atoms with Gasteiger partial charge < -0.3 is 0 Å². The largest absolute Gasteiger partial charge is 0.259 e. The molecule has 2 aromatic carbocycles. The Morgan fingerprint density at radius 1 is 0.818 bits per heavy atom. The monoisotopic (exact) mass is 307 g/mol. The number of pyridine rings is 1. The lowest BCUT2D eigenvalue weighted by atomic mass is 9.89. The van der Waals surface area contributed by atoms with Gasteiger partial charge in [-0.3, -0.25) is 4.98 Å². The van der Waals surface area contributed by atoms with Crippen LogP contribution in [0.2, 0.25) is 0 Å². The van der Waals surface area contributed by atoms with Crippen LogP contribution in [-0.4, -0.2) is 4.98 Å². The van der Waals surface area contributed by atoms with E-state index in [0.717, 1.165) is 16.8 Å². The molecule has 0 fully saturated rings. The van der Waals surface area contributed by atoms with Crippen molar-refractivity contribution in [2.45, 2.75) is 19.7 Å². The summed E-state index contributed by atoms with van der Waals surface area (Å²) in [4.78, 5) is 4.49. The van der Waals surface area contributed by atoms with Gasteiger partial charge in [-0.2, -0.15) is 0 Å². The highest BCUT2D eigenvalue weighted by Crippen LogP contribution is 2.37. The molecule has 0 aliphatic carbocycles. The van der Waals surface area contributed by atoms with Crippen molar-refractivity contribution in [1.82, 2.24) is 4.98 Å². The number of nitrogens with zero attached hydrogens (tertiary/aromatic N) is 1. The number of hydrogen-bond donors (Lipinski definition) is 0. The first-order chi connectivity index (χ1) is 10.7. The Morgan fingerprint density at radius 2 is 1.50 bits per heavy atom. The van der Waals surface area contributed by atoms with Crippen molar-refractivity contribution in [3.63, 3.8) is 0 Å². The Bertz CT molecular complexity index is 774. The molecule has 0 unspecified atom stereocenters. The van der Waals surface area contributed by atoms with Crippen LogP contribution in [0.4, 0.5) is 0 Å². The molecule has 22 heavy (non-hydrogen) atoms. The van der Waals surface area contributed by atoms with Crippen LogP contribution in [0.1, 0.15) is 16.8 Å². The summed E-state index contributed by atoms with van der Waals surface area (Å²) in [5, 5.41) is 0. The Hall–Kier alpha value is -2.12. The molecule has 1 heterocycles. The minimum Gasteiger partial charge on any atom is -0.259 e. The summed E-state index contributed by atoms with van der Waals surface area (Å²) >= 11 is 6.16. The molecule has 1 aromatic heterocycles. The van der Waals surface area contributed by atoms with E-state index in [1.54, 1.807) is 0 Å². The minimum absolute atomic E-state index is 0.406. The first kappa shape index (κ1) is 14.8. The van der Waals surface area contributed by atoms with Crippen molar-refractivity contribution in [1.29, 1.82) is 0 Å². The fourth-order valence-corrected chi connectivity index (χ4v) is 3.18. The van der Waals surface area contributed by atoms with E-state index in [4.69, 9.17) is 11.6 Å². The van der Waals surface area contributed by atoms with Gasteiger partial charge in [0.15, 0.2) is 0 Å². The maximum Gasteiger partial charge on any atom is 0.0653 e. The van der Waals surface area contributed by atoms with Crippen molar-refractivity contribution in [3.8, 4) is 22.3 Å². The van der Waals surface area contributed by atoms with E-state index in [2.05, 4.69) is 67.4 Å². The summed E-state index contributed by atoms with van der Waals surface area (Å²) < 4.78 is 0. The van der Waals surface area contributed by atoms with E-state index < -0.39 is 0 Å². The van der Waals surface area contributed by atoms with E-state index in [1.807, 2.05) is 12.3 Å². The normalized spacial score (nSPS) is 10.7. The van der Waals surface area contributed by atoms with Crippen molar-refractivity contribution in [2.24, 2.45) is 0 Å². The highest BCUT2D eigenvalue weighted by molar-refractivity contribution is 6.17. The number of hydrogen-bond acceptors (Lipinski definition) is 1. The first-order valence-corrected chi connectivity index (χ1v) is 7.91. The highest BCUT2D eigenvalue weighted by atomic mass is 35.5. The van der Waals surface area contributed by atoms with Crippen LogP contribution in [-0.2, 0) is 5.88 Å². The second-order valence-corrected chi connectivity index (χ2v) is 5.71. The third-order valence-corrected chi connectivity index (χ3v) is 4.22. The van der Waals surface area contributed by atoms with Crippen molar-refractivity contribution in [3.05, 3.63) is 77.6 Å². The average Bonchev–Trinajstić information content (AvgIpc) is 2.55. The molecule has 0 atom stereocenters. The summed E-state index contributed by atoms with van der Waals surface area (Å²) in [5.74, 6) is 0.406. The molecular formula is C20H18ClN. The van der Waals surface area contributed by atoms with Gasteiger partial charge in [0.2, 0.25) is 0 Å². The zero-order chi connectivity index (χ0) is 15.5. The van der Waals surface area contributed by atoms with Crippen LogP contribution >= 0.6 is 11.6 Å². The molecule has 0 amide bonds. The molecule has 0 aliphatic rings. The topological polar surface area (TPSA) is 12.9 Å². The van der Waals surface area contributed by atoms with Gasteiger partial charge in [0.05, 0.1) is 11.6 Å². The fourth-order valence-electron chi connectivity index (χ4n) is 2.98. The predicted octanol–water partition coefficient (Wildman–Crippen LogP) is 5.77. The summed E-state index contributed by atoms with van der Waals surface area (Å²) in [6, 6.07) is 18.8. The fraction of sp³-hybridized carbons (Fsp3) is 0.150. The second kappa shape index (κ2) is 6.33. The Labute approximate surface area is 136 Å². The lowest BCUT2D eigenvalue weighted by Gasteiger charge is -2.17. The molecule has 3 rings (SSSR count). The Balaban J connectivity index is 2.34. The summed E-state index contributed by atoms with van der Waals surface area (Å²) in [5.41, 5.74) is 8.22. The summed E-state index contributed by atoms with van der Waals surface area (Å²) in [6.45, 7) is 4.30. The minimum atomic E-state index is 0.406. The van der Waals surface area contributed by atoms with Gasteiger partial charge in [0, 0.05) is 11.8 Å². The second-order valence-electron chi connectivity index (χ2n) is 5.45. The molecule has 3 aromatic rings. The number of alkyl halides is 1. The Morgan fingerprint density at radius 3 is 2.14 bits per heavy atom. The van der Waals surface area contributed by atoms with Gasteiger partial charge in [0.1, 0.15) is 0 Å². The standard InChI is InChI=1S/C20H18ClN/c1-14-7-6-8-15(2)19(14)17-11-12-22-18(13-21)20(17)16-9-4-3-5-10-16/h3-12H,13H2,1-2H3. The van der Waals surface area contributed by atoms with E-state index >= 15 is 0 Å². The smallest absolute Gasteiger partial charge is 0.0653 e. The molecule has 0 saturated heterocycles. The van der Waals surface area contributed by atoms with Crippen LogP contribution in [0.15, 0.2) is 60.8 Å². The van der Waals surface area contributed by atoms with E-state index in [9.17, 15) is 0 Å². The molecule has 2 heteroatoms. The molecule has 0 N–H and O–H groups in total. The van der Waals surface area contributed by atoms with Gasteiger partial charge in [0.25, 0.3) is 0 Å². The maximum atomic E-state index is 6.16. The van der Waals surface area contributed by atoms with Gasteiger partial charge in [-0.05, 0) is 47.7 Å². The number of rotatable bonds is 3. The van der Waals surface area contributed by atoms with Crippen molar-refractivity contribution in [2.75, 3.05) is 0 Å². The van der Waals surface area contributed by atoms with Gasteiger partial charge in [-0.15, -0.1) is 11.6 Å². The van der Waals surface area contributed by atoms with Crippen molar-refractivity contribution < 1.29 is 0 Å². The highest BCUT2D eigenvalue weighted by Gasteiger charge is 2.15. The number of aryl methyl sites for hydroxylation is 2. The van der Waals surface area contributed by atoms with Gasteiger partial charge in [-0.1, -0.05) is 48.5 Å². The molecule has 0 bridgehead atoms. The summed E-state index contributed by atoms with van der Waals surface area (Å²) in [7, 11) is 0. The molecule has 110 valence electrons. The van der Waals surface area contributed by atoms with Crippen LogP contribution in [0, 0.1) is 13.8 Å². The van der Waals surface area contributed by atoms with E-state index in [0.29, 0.717) is 5.88 Å². The number of aromatic nitrogens is 1. The number of benzene rings is 2. The summed E-state index contributed by atoms with van der Waals surface area (Å²) in [6.07, 6.45) is 1.85. The first-order valence-electron chi connectivity index (χ1n) is 7.38. The van der Waals surface area contributed by atoms with E-state index in [-0.39, 0.29) is 0 Å². The van der Waals surface area contributed by atoms with E-state index in [1.165, 1.54) is 22.3 Å². The molecule has 0 spiro atoms. The molecule has 0 saturated carbocycles. The lowest BCUT2D eigenvalue weighted by Crippen LogP contribution is -1.97. The van der Waals surface area contributed by atoms with Crippen LogP contribution < -0.4 is 0 Å². The maximum absolute atomic E-state index is 6.16. The third-order valence-electron chi connectivity index (χ3n) is 3.97. The third kappa shape index (κ3) is 2.65. The van der Waals surface area contributed by atoms with Crippen molar-refractivity contribution >= 4 is 11.6 Å². The predicted molar refractivity (Wildman–Crippen MR) is 94.1 cm³/mol. The van der Waals surface area contributed by atoms with Crippen LogP contribution in [0.5, 0.6) is 0 Å². The Kier molecular flexibility index (Phi) is 4.26. The molecule has 1 nitrogen and oxygen atoms in total. The molecule has 0 aliphatic heterocycles. The van der Waals surface area contributed by atoms with Crippen LogP contribution in [0.25, 0.3) is 22.3 Å². The van der Waals surface area contributed by atoms with Gasteiger partial charge >= 0.3 is 0 Å². The lowest BCUT2D eigenvalue weighted by molar-refractivity contribution is 1.17. The molecule has 0 radical (unpaired) electrons. The zero-order valence-electron chi connectivity index (χ0n) is 12.8. The zero-order valence-corrected chi connectivity index (χ0v) is 13.6. The SMILES string of the molecule is Cc1cccc(C)c1-c1ccnc(CCl)c1-c1ccccc1. The molecular weight excluding hydrogens is 290 g/mol. The van der Waals surface area contributed by atoms with Crippen LogP contribution in [0.3, 0.4) is 0 Å². The van der Waals surface area contributed by atoms with Gasteiger partial charge in [-0.25, -0.2) is 0 Å². The number of halogens is 1.